The van der Waals surface area contributed by atoms with Crippen LogP contribution in [0.3, 0.4) is 0 Å². The van der Waals surface area contributed by atoms with E-state index < -0.39 is 16.3 Å². The van der Waals surface area contributed by atoms with Gasteiger partial charge in [0.1, 0.15) is 25.0 Å². The van der Waals surface area contributed by atoms with Crippen molar-refractivity contribution in [1.82, 2.24) is 8.61 Å². The van der Waals surface area contributed by atoms with Gasteiger partial charge in [-0.2, -0.15) is 17.0 Å². The summed E-state index contributed by atoms with van der Waals surface area (Å²) in [5, 5.41) is 12.5. The first-order valence-electron chi connectivity index (χ1n) is 9.27. The zero-order valence-corrected chi connectivity index (χ0v) is 18.5. The summed E-state index contributed by atoms with van der Waals surface area (Å²) in [6.07, 6.45) is -0.604. The van der Waals surface area contributed by atoms with E-state index >= 15 is 0 Å². The maximum atomic E-state index is 12.2. The maximum Gasteiger partial charge on any atom is 0.281 e. The van der Waals surface area contributed by atoms with Crippen LogP contribution in [0.25, 0.3) is 10.8 Å². The first-order chi connectivity index (χ1) is 13.3. The minimum atomic E-state index is -3.36. The highest BCUT2D eigenvalue weighted by Gasteiger charge is 2.31. The minimum Gasteiger partial charge on any atom is -0.491 e. The van der Waals surface area contributed by atoms with E-state index in [9.17, 15) is 13.5 Å². The van der Waals surface area contributed by atoms with Crippen LogP contribution in [-0.2, 0) is 10.2 Å². The minimum absolute atomic E-state index is 0.214. The number of benzene rings is 2. The third-order valence-corrected chi connectivity index (χ3v) is 7.39. The van der Waals surface area contributed by atoms with Crippen LogP contribution in [0.4, 0.5) is 0 Å². The zero-order chi connectivity index (χ0) is 20.3. The second-order valence-electron chi connectivity index (χ2n) is 7.26. The van der Waals surface area contributed by atoms with Crippen molar-refractivity contribution in [2.45, 2.75) is 6.10 Å². The SMILES string of the molecule is CN(C)S(=O)(=O)N1CC[NH+](C[C@@H](O)COc2ccc3cc(Br)ccc3c2)CC1. The maximum absolute atomic E-state index is 12.2. The van der Waals surface area contributed by atoms with E-state index in [0.717, 1.165) is 21.0 Å². The summed E-state index contributed by atoms with van der Waals surface area (Å²) >= 11 is 3.46. The second-order valence-corrected chi connectivity index (χ2v) is 10.3. The van der Waals surface area contributed by atoms with Crippen LogP contribution in [0.2, 0.25) is 0 Å². The molecule has 1 heterocycles. The number of halogens is 1. The van der Waals surface area contributed by atoms with Crippen molar-refractivity contribution in [2.24, 2.45) is 0 Å². The lowest BCUT2D eigenvalue weighted by atomic mass is 10.1. The van der Waals surface area contributed by atoms with Gasteiger partial charge in [0.2, 0.25) is 0 Å². The van der Waals surface area contributed by atoms with Crippen LogP contribution in [0.5, 0.6) is 5.75 Å². The Morgan fingerprint density at radius 2 is 1.82 bits per heavy atom. The molecule has 2 aromatic rings. The zero-order valence-electron chi connectivity index (χ0n) is 16.1. The first kappa shape index (κ1) is 21.5. The van der Waals surface area contributed by atoms with E-state index in [0.29, 0.717) is 32.7 Å². The molecule has 0 bridgehead atoms. The van der Waals surface area contributed by atoms with E-state index in [4.69, 9.17) is 4.74 Å². The summed E-state index contributed by atoms with van der Waals surface area (Å²) in [5.41, 5.74) is 0. The molecule has 0 aliphatic carbocycles. The Hall–Kier alpha value is -1.23. The Bertz CT molecular complexity index is 915. The highest BCUT2D eigenvalue weighted by Crippen LogP contribution is 2.24. The first-order valence-corrected chi connectivity index (χ1v) is 11.5. The van der Waals surface area contributed by atoms with Crippen molar-refractivity contribution < 1.29 is 23.2 Å². The van der Waals surface area contributed by atoms with Crippen LogP contribution in [0, 0.1) is 0 Å². The van der Waals surface area contributed by atoms with E-state index in [1.807, 2.05) is 36.4 Å². The average molecular weight is 473 g/mol. The van der Waals surface area contributed by atoms with Crippen molar-refractivity contribution in [1.29, 1.82) is 0 Å². The van der Waals surface area contributed by atoms with Crippen LogP contribution < -0.4 is 9.64 Å². The van der Waals surface area contributed by atoms with Gasteiger partial charge in [0.05, 0.1) is 26.2 Å². The van der Waals surface area contributed by atoms with Crippen LogP contribution in [0.15, 0.2) is 40.9 Å². The number of hydrogen-bond acceptors (Lipinski definition) is 4. The molecule has 1 aliphatic rings. The molecule has 0 radical (unpaired) electrons. The fourth-order valence-corrected chi connectivity index (χ4v) is 4.82. The van der Waals surface area contributed by atoms with Gasteiger partial charge in [0.15, 0.2) is 0 Å². The van der Waals surface area contributed by atoms with E-state index in [1.165, 1.54) is 13.5 Å². The van der Waals surface area contributed by atoms with Gasteiger partial charge >= 0.3 is 0 Å². The number of nitrogens with one attached hydrogen (secondary N) is 1. The fraction of sp³-hybridized carbons (Fsp3) is 0.474. The summed E-state index contributed by atoms with van der Waals surface area (Å²) in [4.78, 5) is 1.18. The molecule has 0 amide bonds. The number of aliphatic hydroxyl groups is 1. The molecule has 2 aromatic carbocycles. The van der Waals surface area contributed by atoms with Crippen LogP contribution >= 0.6 is 15.9 Å². The standard InChI is InChI=1S/C19H26BrN3O4S/c1-21(2)28(25,26)23-9-7-22(8-10-23)13-18(24)14-27-19-6-4-15-11-17(20)5-3-16(15)12-19/h3-6,11-12,18,24H,7-10,13-14H2,1-2H3/p+1/t18-/m1/s1. The van der Waals surface area contributed by atoms with Crippen molar-refractivity contribution in [3.05, 3.63) is 40.9 Å². The largest absolute Gasteiger partial charge is 0.491 e. The summed E-state index contributed by atoms with van der Waals surface area (Å²) in [7, 11) is -0.270. The summed E-state index contributed by atoms with van der Waals surface area (Å²) in [6, 6.07) is 11.9. The predicted molar refractivity (Wildman–Crippen MR) is 113 cm³/mol. The highest BCUT2D eigenvalue weighted by atomic mass is 79.9. The summed E-state index contributed by atoms with van der Waals surface area (Å²) < 4.78 is 33.8. The Kier molecular flexibility index (Phi) is 6.95. The molecule has 3 rings (SSSR count). The molecule has 9 heteroatoms. The second kappa shape index (κ2) is 9.06. The molecule has 1 atom stereocenters. The fourth-order valence-electron chi connectivity index (χ4n) is 3.34. The molecule has 0 spiro atoms. The monoisotopic (exact) mass is 472 g/mol. The van der Waals surface area contributed by atoms with Gasteiger partial charge in [-0.1, -0.05) is 28.1 Å². The van der Waals surface area contributed by atoms with Gasteiger partial charge in [-0.15, -0.1) is 0 Å². The van der Waals surface area contributed by atoms with Gasteiger partial charge in [0.25, 0.3) is 10.2 Å². The molecule has 0 unspecified atom stereocenters. The van der Waals surface area contributed by atoms with Crippen LogP contribution in [0.1, 0.15) is 0 Å². The number of hydrogen-bond donors (Lipinski definition) is 2. The van der Waals surface area contributed by atoms with Gasteiger partial charge in [-0.25, -0.2) is 0 Å². The Labute approximate surface area is 174 Å². The Balaban J connectivity index is 1.47. The third-order valence-electron chi connectivity index (χ3n) is 4.96. The number of quaternary nitrogens is 1. The van der Waals surface area contributed by atoms with Crippen LogP contribution in [-0.4, -0.2) is 81.7 Å². The van der Waals surface area contributed by atoms with Crippen molar-refractivity contribution in [3.8, 4) is 5.75 Å². The Morgan fingerprint density at radius 1 is 1.18 bits per heavy atom. The third kappa shape index (κ3) is 5.22. The Morgan fingerprint density at radius 3 is 2.50 bits per heavy atom. The number of nitrogens with zero attached hydrogens (tertiary/aromatic N) is 2. The van der Waals surface area contributed by atoms with E-state index in [1.54, 1.807) is 14.1 Å². The molecule has 1 saturated heterocycles. The quantitative estimate of drug-likeness (QED) is 0.609. The van der Waals surface area contributed by atoms with E-state index in [-0.39, 0.29) is 6.61 Å². The summed E-state index contributed by atoms with van der Waals surface area (Å²) in [5.74, 6) is 0.728. The van der Waals surface area contributed by atoms with Gasteiger partial charge in [0, 0.05) is 18.6 Å². The normalized spacial score (nSPS) is 17.9. The van der Waals surface area contributed by atoms with Gasteiger partial charge in [-0.05, 0) is 35.0 Å². The lowest BCUT2D eigenvalue weighted by Crippen LogP contribution is -3.16. The number of piperazine rings is 1. The molecule has 154 valence electrons. The number of ether oxygens (including phenoxy) is 1. The molecule has 0 saturated carbocycles. The van der Waals surface area contributed by atoms with Crippen molar-refractivity contribution >= 4 is 36.9 Å². The molecular weight excluding hydrogens is 446 g/mol. The summed E-state index contributed by atoms with van der Waals surface area (Å²) in [6.45, 7) is 3.03. The number of rotatable bonds is 7. The highest BCUT2D eigenvalue weighted by molar-refractivity contribution is 9.10. The molecule has 2 N–H and O–H groups in total. The topological polar surface area (TPSA) is 74.5 Å². The number of aliphatic hydroxyl groups excluding tert-OH is 1. The molecule has 1 fully saturated rings. The molecular formula is C19H27BrN3O4S+. The smallest absolute Gasteiger partial charge is 0.281 e. The van der Waals surface area contributed by atoms with Gasteiger partial charge in [-0.3, -0.25) is 0 Å². The molecule has 7 nitrogen and oxygen atoms in total. The lowest BCUT2D eigenvalue weighted by Gasteiger charge is -2.33. The van der Waals surface area contributed by atoms with Gasteiger partial charge < -0.3 is 14.7 Å². The molecule has 28 heavy (non-hydrogen) atoms. The van der Waals surface area contributed by atoms with Crippen molar-refractivity contribution in [2.75, 3.05) is 53.4 Å². The predicted octanol–water partition coefficient (Wildman–Crippen LogP) is 0.349. The van der Waals surface area contributed by atoms with E-state index in [2.05, 4.69) is 15.9 Å². The number of fused-ring (bicyclic) bond motifs is 1. The lowest BCUT2D eigenvalue weighted by molar-refractivity contribution is -0.906. The molecule has 0 aromatic heterocycles. The average Bonchev–Trinajstić information content (AvgIpc) is 2.66. The molecule has 1 aliphatic heterocycles. The van der Waals surface area contributed by atoms with Crippen molar-refractivity contribution in [3.63, 3.8) is 0 Å².